The molecule has 1 saturated heterocycles. The lowest BCUT2D eigenvalue weighted by Gasteiger charge is -2.41. The summed E-state index contributed by atoms with van der Waals surface area (Å²) in [4.78, 5) is 6.30. The Bertz CT molecular complexity index is 800. The van der Waals surface area contributed by atoms with E-state index in [0.717, 1.165) is 17.0 Å². The first-order chi connectivity index (χ1) is 11.9. The fourth-order valence-electron chi connectivity index (χ4n) is 3.28. The second kappa shape index (κ2) is 6.30. The van der Waals surface area contributed by atoms with Gasteiger partial charge >= 0.3 is 0 Å². The first-order valence-electron chi connectivity index (χ1n) is 9.36. The van der Waals surface area contributed by atoms with E-state index >= 15 is 4.39 Å². The van der Waals surface area contributed by atoms with E-state index in [0.29, 0.717) is 19.5 Å². The van der Waals surface area contributed by atoms with Crippen LogP contribution in [0.4, 0.5) is 10.2 Å². The van der Waals surface area contributed by atoms with Crippen LogP contribution in [0.5, 0.6) is 0 Å². The van der Waals surface area contributed by atoms with Gasteiger partial charge in [-0.15, -0.1) is 5.10 Å². The fraction of sp³-hybridized carbons (Fsp3) is 0.684. The molecule has 7 heteroatoms. The normalized spacial score (nSPS) is 23.0. The van der Waals surface area contributed by atoms with Crippen molar-refractivity contribution in [2.75, 3.05) is 18.0 Å². The smallest absolute Gasteiger partial charge is 0.192 e. The molecule has 144 valence electrons. The maximum atomic E-state index is 15.8. The van der Waals surface area contributed by atoms with Crippen LogP contribution in [-0.2, 0) is 4.43 Å². The molecule has 2 aromatic rings. The van der Waals surface area contributed by atoms with Gasteiger partial charge in [-0.05, 0) is 43.6 Å². The minimum absolute atomic E-state index is 0.0700. The van der Waals surface area contributed by atoms with Crippen LogP contribution < -0.4 is 4.90 Å². The first kappa shape index (κ1) is 19.3. The Labute approximate surface area is 156 Å². The summed E-state index contributed by atoms with van der Waals surface area (Å²) in [6, 6.07) is 2.00. The number of hydrogen-bond acceptors (Lipinski definition) is 4. The minimum atomic E-state index is -2.01. The number of hydrogen-bond donors (Lipinski definition) is 0. The first-order valence-corrected chi connectivity index (χ1v) is 12.3. The fourth-order valence-corrected chi connectivity index (χ4v) is 4.73. The predicted octanol–water partition coefficient (Wildman–Crippen LogP) is 4.37. The lowest BCUT2D eigenvalue weighted by atomic mass is 9.99. The number of aryl methyl sites for hydroxylation is 1. The molecule has 0 radical (unpaired) electrons. The summed E-state index contributed by atoms with van der Waals surface area (Å²) in [7, 11) is -2.01. The van der Waals surface area contributed by atoms with Crippen LogP contribution in [0.15, 0.2) is 18.5 Å². The molecule has 0 saturated carbocycles. The molecule has 0 spiro atoms. The number of anilines is 1. The van der Waals surface area contributed by atoms with E-state index in [9.17, 15) is 0 Å². The van der Waals surface area contributed by atoms with Crippen molar-refractivity contribution >= 4 is 19.8 Å². The van der Waals surface area contributed by atoms with Crippen molar-refractivity contribution in [3.63, 3.8) is 0 Å². The maximum absolute atomic E-state index is 15.8. The molecule has 0 N–H and O–H groups in total. The number of aromatic nitrogens is 3. The van der Waals surface area contributed by atoms with Gasteiger partial charge < -0.3 is 9.33 Å². The van der Waals surface area contributed by atoms with E-state index in [1.807, 2.05) is 31.0 Å². The largest absolute Gasteiger partial charge is 0.411 e. The summed E-state index contributed by atoms with van der Waals surface area (Å²) in [5.74, 6) is 0.828. The molecule has 2 atom stereocenters. The minimum Gasteiger partial charge on any atom is -0.411 e. The van der Waals surface area contributed by atoms with Gasteiger partial charge in [0, 0.05) is 25.4 Å². The van der Waals surface area contributed by atoms with Crippen molar-refractivity contribution in [3.8, 4) is 0 Å². The third-order valence-corrected chi connectivity index (χ3v) is 10.7. The van der Waals surface area contributed by atoms with E-state index in [2.05, 4.69) is 43.9 Å². The SMILES string of the molecule is Cc1cc2nccn2nc1N1CCC(F)(C(C)O[Si](C)(C)C(C)(C)C)C1. The van der Waals surface area contributed by atoms with E-state index in [1.54, 1.807) is 10.7 Å². The Morgan fingerprint density at radius 3 is 2.69 bits per heavy atom. The highest BCUT2D eigenvalue weighted by Crippen LogP contribution is 2.41. The van der Waals surface area contributed by atoms with Crippen LogP contribution in [0.3, 0.4) is 0 Å². The molecular formula is C19H31FN4OSi. The van der Waals surface area contributed by atoms with Gasteiger partial charge in [-0.3, -0.25) is 0 Å². The summed E-state index contributed by atoms with van der Waals surface area (Å²) < 4.78 is 23.9. The van der Waals surface area contributed by atoms with Crippen LogP contribution >= 0.6 is 0 Å². The summed E-state index contributed by atoms with van der Waals surface area (Å²) >= 11 is 0. The zero-order valence-electron chi connectivity index (χ0n) is 17.0. The number of halogens is 1. The Morgan fingerprint density at radius 1 is 1.35 bits per heavy atom. The van der Waals surface area contributed by atoms with E-state index < -0.39 is 20.1 Å². The molecule has 5 nitrogen and oxygen atoms in total. The molecule has 2 unspecified atom stereocenters. The highest BCUT2D eigenvalue weighted by atomic mass is 28.4. The Hall–Kier alpha value is -1.47. The summed E-state index contributed by atoms with van der Waals surface area (Å²) in [6.45, 7) is 15.8. The molecule has 1 aliphatic heterocycles. The van der Waals surface area contributed by atoms with Gasteiger partial charge in [0.25, 0.3) is 0 Å². The van der Waals surface area contributed by atoms with Crippen LogP contribution in [0, 0.1) is 6.92 Å². The average molecular weight is 379 g/mol. The van der Waals surface area contributed by atoms with Crippen molar-refractivity contribution in [2.45, 2.75) is 70.9 Å². The zero-order valence-corrected chi connectivity index (χ0v) is 18.0. The molecule has 26 heavy (non-hydrogen) atoms. The van der Waals surface area contributed by atoms with Gasteiger partial charge in [0.1, 0.15) is 0 Å². The lowest BCUT2D eigenvalue weighted by Crippen LogP contribution is -2.50. The summed E-state index contributed by atoms with van der Waals surface area (Å²) in [5, 5.41) is 4.71. The maximum Gasteiger partial charge on any atom is 0.192 e. The monoisotopic (exact) mass is 378 g/mol. The van der Waals surface area contributed by atoms with Gasteiger partial charge in [-0.1, -0.05) is 20.8 Å². The van der Waals surface area contributed by atoms with Crippen LogP contribution in [0.1, 0.15) is 39.7 Å². The number of alkyl halides is 1. The van der Waals surface area contributed by atoms with E-state index in [-0.39, 0.29) is 5.04 Å². The lowest BCUT2D eigenvalue weighted by molar-refractivity contribution is 0.0273. The van der Waals surface area contributed by atoms with Crippen molar-refractivity contribution in [1.82, 2.24) is 14.6 Å². The van der Waals surface area contributed by atoms with Crippen molar-refractivity contribution in [3.05, 3.63) is 24.0 Å². The van der Waals surface area contributed by atoms with Gasteiger partial charge in [-0.2, -0.15) is 0 Å². The molecular weight excluding hydrogens is 347 g/mol. The second-order valence-electron chi connectivity index (χ2n) is 9.11. The number of nitrogens with zero attached hydrogens (tertiary/aromatic N) is 4. The van der Waals surface area contributed by atoms with E-state index in [1.165, 1.54) is 0 Å². The molecule has 1 fully saturated rings. The molecule has 3 rings (SSSR count). The van der Waals surface area contributed by atoms with Gasteiger partial charge in [0.2, 0.25) is 0 Å². The van der Waals surface area contributed by atoms with E-state index in [4.69, 9.17) is 4.43 Å². The number of rotatable bonds is 4. The van der Waals surface area contributed by atoms with Gasteiger partial charge in [0.15, 0.2) is 25.5 Å². The predicted molar refractivity (Wildman–Crippen MR) is 106 cm³/mol. The molecule has 0 amide bonds. The average Bonchev–Trinajstić information content (AvgIpc) is 3.11. The zero-order chi connectivity index (χ0) is 19.3. The van der Waals surface area contributed by atoms with Crippen LogP contribution in [-0.4, -0.2) is 47.8 Å². The third-order valence-electron chi connectivity index (χ3n) is 6.11. The van der Waals surface area contributed by atoms with Crippen molar-refractivity contribution < 1.29 is 8.82 Å². The van der Waals surface area contributed by atoms with Crippen LogP contribution in [0.2, 0.25) is 18.1 Å². The van der Waals surface area contributed by atoms with Crippen molar-refractivity contribution in [1.29, 1.82) is 0 Å². The Kier molecular flexibility index (Phi) is 4.68. The molecule has 1 aliphatic rings. The second-order valence-corrected chi connectivity index (χ2v) is 13.9. The number of fused-ring (bicyclic) bond motifs is 1. The molecule has 2 aromatic heterocycles. The van der Waals surface area contributed by atoms with Gasteiger partial charge in [-0.25, -0.2) is 13.9 Å². The number of imidazole rings is 1. The quantitative estimate of drug-likeness (QED) is 0.741. The highest BCUT2D eigenvalue weighted by molar-refractivity contribution is 6.74. The summed E-state index contributed by atoms with van der Waals surface area (Å²) in [5.41, 5.74) is 0.477. The molecule has 0 aromatic carbocycles. The molecule has 0 bridgehead atoms. The molecule has 0 aliphatic carbocycles. The summed E-state index contributed by atoms with van der Waals surface area (Å²) in [6.07, 6.45) is 3.58. The highest BCUT2D eigenvalue weighted by Gasteiger charge is 2.48. The topological polar surface area (TPSA) is 42.7 Å². The third kappa shape index (κ3) is 3.39. The Balaban J connectivity index is 1.78. The Morgan fingerprint density at radius 2 is 2.04 bits per heavy atom. The molecule has 3 heterocycles. The van der Waals surface area contributed by atoms with Gasteiger partial charge in [0.05, 0.1) is 12.6 Å². The van der Waals surface area contributed by atoms with Crippen LogP contribution in [0.25, 0.3) is 5.65 Å². The standard InChI is InChI=1S/C19H31FN4OSi/c1-14-12-16-21-9-11-24(16)22-17(14)23-10-8-19(20,13-23)15(2)25-26(6,7)18(3,4)5/h9,11-12,15H,8,10,13H2,1-7H3. The van der Waals surface area contributed by atoms with Crippen molar-refractivity contribution in [2.24, 2.45) is 0 Å².